The van der Waals surface area contributed by atoms with Crippen molar-refractivity contribution in [1.82, 2.24) is 35.5 Å². The van der Waals surface area contributed by atoms with Gasteiger partial charge >= 0.3 is 5.97 Å². The molecule has 3 amide bonds. The Hall–Kier alpha value is -5.36. The third-order valence-corrected chi connectivity index (χ3v) is 17.7. The van der Waals surface area contributed by atoms with E-state index < -0.39 is 67.2 Å². The van der Waals surface area contributed by atoms with Gasteiger partial charge in [0, 0.05) is 67.8 Å². The van der Waals surface area contributed by atoms with E-state index in [2.05, 4.69) is 59.6 Å². The van der Waals surface area contributed by atoms with E-state index in [1.807, 2.05) is 39.0 Å². The smallest absolute Gasteiger partial charge is 0.324 e. The van der Waals surface area contributed by atoms with Gasteiger partial charge in [-0.2, -0.15) is 0 Å². The van der Waals surface area contributed by atoms with Crippen LogP contribution in [0.3, 0.4) is 0 Å². The Balaban J connectivity index is 1.09. The average molecular weight is 966 g/mol. The first kappa shape index (κ1) is 48.7. The van der Waals surface area contributed by atoms with Crippen LogP contribution in [0, 0.1) is 16.7 Å². The van der Waals surface area contributed by atoms with Crippen LogP contribution in [0.2, 0.25) is 0 Å². The van der Waals surface area contributed by atoms with Gasteiger partial charge in [-0.3, -0.25) is 34.5 Å². The van der Waals surface area contributed by atoms with Crippen LogP contribution in [-0.2, 0) is 57.9 Å². The van der Waals surface area contributed by atoms with Crippen molar-refractivity contribution in [2.45, 2.75) is 134 Å². The minimum atomic E-state index is -3.42. The molecule has 9 rings (SSSR count). The van der Waals surface area contributed by atoms with Crippen LogP contribution in [0.4, 0.5) is 0 Å². The lowest BCUT2D eigenvalue weighted by Crippen LogP contribution is -2.62. The number of aromatic nitrogens is 2. The maximum Gasteiger partial charge on any atom is 0.324 e. The van der Waals surface area contributed by atoms with Gasteiger partial charge < -0.3 is 29.4 Å². The van der Waals surface area contributed by atoms with E-state index in [0.717, 1.165) is 39.0 Å². The highest BCUT2D eigenvalue weighted by molar-refractivity contribution is 7.92. The molecule has 7 atom stereocenters. The first-order valence-corrected chi connectivity index (χ1v) is 26.2. The van der Waals surface area contributed by atoms with Crippen molar-refractivity contribution in [3.8, 4) is 28.1 Å². The largest absolute Gasteiger partial charge is 0.508 e. The second-order valence-corrected chi connectivity index (χ2v) is 23.5. The number of cyclic esters (lactones) is 1. The summed E-state index contributed by atoms with van der Waals surface area (Å²) in [5, 5.41) is 18.5. The fourth-order valence-electron chi connectivity index (χ4n) is 11.5. The molecule has 4 fully saturated rings. The maximum atomic E-state index is 14.8. The number of ether oxygens (including phenoxy) is 2. The molecule has 4 aliphatic heterocycles. The summed E-state index contributed by atoms with van der Waals surface area (Å²) in [6, 6.07) is 12.5. The van der Waals surface area contributed by atoms with Gasteiger partial charge in [0.1, 0.15) is 29.2 Å². The Morgan fingerprint density at radius 3 is 2.55 bits per heavy atom. The third-order valence-electron chi connectivity index (χ3n) is 15.3. The van der Waals surface area contributed by atoms with Gasteiger partial charge in [-0.05, 0) is 123 Å². The number of aryl methyl sites for hydroxylation is 1. The fraction of sp³-hybridized carbons (Fsp3) is 0.558. The molecule has 16 nitrogen and oxygen atoms in total. The van der Waals surface area contributed by atoms with Crippen LogP contribution in [0.15, 0.2) is 54.7 Å². The second kappa shape index (κ2) is 18.8. The minimum Gasteiger partial charge on any atom is -0.508 e. The van der Waals surface area contributed by atoms with Crippen LogP contribution in [0.5, 0.6) is 5.75 Å². The molecule has 5 aliphatic rings. The minimum absolute atomic E-state index is 0.0162. The number of sulfone groups is 1. The molecule has 17 heteroatoms. The zero-order chi connectivity index (χ0) is 49.2. The van der Waals surface area contributed by atoms with E-state index in [0.29, 0.717) is 62.7 Å². The molecule has 370 valence electrons. The van der Waals surface area contributed by atoms with Crippen molar-refractivity contribution < 1.29 is 42.2 Å². The molecule has 4 N–H and O–H groups in total. The number of amides is 3. The number of pyridine rings is 1. The Labute approximate surface area is 404 Å². The number of hydrogen-bond donors (Lipinski definition) is 4. The topological polar surface area (TPSA) is 211 Å². The van der Waals surface area contributed by atoms with Crippen molar-refractivity contribution in [1.29, 1.82) is 0 Å². The molecule has 1 saturated carbocycles. The molecule has 1 spiro atoms. The molecular formula is C52H67N7O9S. The predicted molar refractivity (Wildman–Crippen MR) is 261 cm³/mol. The van der Waals surface area contributed by atoms with E-state index >= 15 is 0 Å². The van der Waals surface area contributed by atoms with Crippen LogP contribution in [-0.4, -0.2) is 119 Å². The van der Waals surface area contributed by atoms with E-state index in [9.17, 15) is 32.7 Å². The van der Waals surface area contributed by atoms with Crippen molar-refractivity contribution in [3.05, 3.63) is 71.5 Å². The molecular weight excluding hydrogens is 899 g/mol. The number of carbonyl (C=O) groups excluding carboxylic acids is 4. The Morgan fingerprint density at radius 2 is 1.83 bits per heavy atom. The van der Waals surface area contributed by atoms with Crippen molar-refractivity contribution in [2.24, 2.45) is 16.7 Å². The van der Waals surface area contributed by atoms with Gasteiger partial charge in [-0.25, -0.2) is 13.8 Å². The molecule has 3 saturated heterocycles. The van der Waals surface area contributed by atoms with E-state index in [1.165, 1.54) is 5.01 Å². The number of hydrogen-bond acceptors (Lipinski definition) is 12. The highest BCUT2D eigenvalue weighted by atomic mass is 32.2. The van der Waals surface area contributed by atoms with Crippen LogP contribution in [0.25, 0.3) is 33.3 Å². The second-order valence-electron chi connectivity index (χ2n) is 21.1. The fourth-order valence-corrected chi connectivity index (χ4v) is 13.6. The van der Waals surface area contributed by atoms with E-state index in [4.69, 9.17) is 14.5 Å². The van der Waals surface area contributed by atoms with Gasteiger partial charge in [-0.1, -0.05) is 39.8 Å². The van der Waals surface area contributed by atoms with Crippen LogP contribution >= 0.6 is 0 Å². The number of likely N-dealkylation sites (tertiary alicyclic amines) is 1. The van der Waals surface area contributed by atoms with Gasteiger partial charge in [0.2, 0.25) is 11.8 Å². The molecule has 69 heavy (non-hydrogen) atoms. The quantitative estimate of drug-likeness (QED) is 0.113. The molecule has 6 heterocycles. The summed E-state index contributed by atoms with van der Waals surface area (Å²) in [5.41, 5.74) is 8.64. The third kappa shape index (κ3) is 9.27. The highest BCUT2D eigenvalue weighted by Crippen LogP contribution is 2.50. The number of benzene rings is 2. The number of esters is 1. The number of phenols is 1. The van der Waals surface area contributed by atoms with Crippen LogP contribution in [0.1, 0.15) is 103 Å². The monoisotopic (exact) mass is 965 g/mol. The average Bonchev–Trinajstić information content (AvgIpc) is 3.95. The molecule has 0 radical (unpaired) electrons. The SMILES string of the molecule is CCn1c(-c2cccnc2[C@H](C)OC)c2c3cc(ccc31)-c1cc(O)cc(c1)C[C@H](NC(=O)C(C(C)C)N1CC[C@]3(CCC(S(=O)(=O)[C@@H]4CN4)C3)C1=O)C(=O)N1CCC[C@H](N1)C(=O)OCC(C)(C)C2. The molecule has 1 aliphatic carbocycles. The van der Waals surface area contributed by atoms with Crippen LogP contribution < -0.4 is 16.1 Å². The number of fused-ring (bicyclic) bond motifs is 6. The zero-order valence-electron chi connectivity index (χ0n) is 40.8. The molecule has 2 aromatic heterocycles. The summed E-state index contributed by atoms with van der Waals surface area (Å²) in [5.74, 6) is -2.07. The normalized spacial score (nSPS) is 26.1. The zero-order valence-corrected chi connectivity index (χ0v) is 41.7. The predicted octanol–water partition coefficient (Wildman–Crippen LogP) is 5.59. The standard InChI is InChI=1S/C52H67N7O9S/c1-8-57-42-14-13-33-25-38(42)39(46(57)37-11-9-18-53-44(37)31(4)67-7)27-51(5,6)29-68-49(63)40-12-10-19-59(56-40)48(62)41(23-32-21-34(33)24-35(60)22-32)55-47(61)45(30(2)3)58-20-17-52(50(58)64)16-15-36(26-52)69(65,66)43-28-54-43/h9,11,13-14,18,21-22,24-25,30-31,36,40-41,43,45,54,56,60H,8,10,12,15-17,19-20,23,26-29H2,1-7H3,(H,55,61)/t31-,36?,40-,41-,43+,45?,52-/m0/s1. The summed E-state index contributed by atoms with van der Waals surface area (Å²) in [6.07, 6.45) is 4.45. The molecule has 4 aromatic rings. The number of phenolic OH excluding ortho intramolecular Hbond substituents is 1. The summed E-state index contributed by atoms with van der Waals surface area (Å²) in [6.45, 7) is 13.7. The molecule has 2 unspecified atom stereocenters. The van der Waals surface area contributed by atoms with Gasteiger partial charge in [0.15, 0.2) is 9.84 Å². The summed E-state index contributed by atoms with van der Waals surface area (Å²) in [4.78, 5) is 64.4. The van der Waals surface area contributed by atoms with Crippen molar-refractivity contribution >= 4 is 44.4 Å². The maximum absolute atomic E-state index is 14.8. The van der Waals surface area contributed by atoms with E-state index in [1.54, 1.807) is 30.3 Å². The number of aromatic hydroxyl groups is 1. The summed E-state index contributed by atoms with van der Waals surface area (Å²) >= 11 is 0. The van der Waals surface area contributed by atoms with E-state index in [-0.39, 0.29) is 56.2 Å². The number of rotatable bonds is 10. The lowest BCUT2D eigenvalue weighted by atomic mass is 9.84. The number of methoxy groups -OCH3 is 1. The Morgan fingerprint density at radius 1 is 1.04 bits per heavy atom. The first-order valence-electron chi connectivity index (χ1n) is 24.6. The van der Waals surface area contributed by atoms with Crippen molar-refractivity contribution in [2.75, 3.05) is 33.4 Å². The summed E-state index contributed by atoms with van der Waals surface area (Å²) < 4.78 is 40.7. The molecule has 2 aromatic carbocycles. The Kier molecular flexibility index (Phi) is 13.2. The number of nitrogens with one attached hydrogen (secondary N) is 3. The van der Waals surface area contributed by atoms with Gasteiger partial charge in [0.05, 0.1) is 34.8 Å². The molecule has 6 bridgehead atoms. The number of carbonyl (C=O) groups is 4. The highest BCUT2D eigenvalue weighted by Gasteiger charge is 2.57. The summed E-state index contributed by atoms with van der Waals surface area (Å²) in [7, 11) is -1.75. The number of hydrazine groups is 1. The Bertz CT molecular complexity index is 2790. The number of nitrogens with zero attached hydrogens (tertiary/aromatic N) is 4. The van der Waals surface area contributed by atoms with Crippen molar-refractivity contribution in [3.63, 3.8) is 0 Å². The lowest BCUT2D eigenvalue weighted by Gasteiger charge is -2.37. The first-order chi connectivity index (χ1) is 32.8. The van der Waals surface area contributed by atoms with Gasteiger partial charge in [0.25, 0.3) is 5.91 Å². The van der Waals surface area contributed by atoms with Gasteiger partial charge in [-0.15, -0.1) is 0 Å². The lowest BCUT2D eigenvalue weighted by molar-refractivity contribution is -0.155.